The van der Waals surface area contributed by atoms with Crippen molar-refractivity contribution in [2.75, 3.05) is 19.0 Å². The van der Waals surface area contributed by atoms with Gasteiger partial charge < -0.3 is 14.6 Å². The molecule has 0 unspecified atom stereocenters. The molecule has 0 spiro atoms. The number of aromatic nitrogens is 2. The van der Waals surface area contributed by atoms with Gasteiger partial charge >= 0.3 is 0 Å². The molecule has 4 nitrogen and oxygen atoms in total. The summed E-state index contributed by atoms with van der Waals surface area (Å²) >= 11 is 0. The number of hydrogen-bond donors (Lipinski definition) is 1. The van der Waals surface area contributed by atoms with Crippen LogP contribution >= 0.6 is 0 Å². The van der Waals surface area contributed by atoms with E-state index >= 15 is 0 Å². The maximum absolute atomic E-state index is 13.8. The van der Waals surface area contributed by atoms with Crippen LogP contribution in [0.4, 0.5) is 16.0 Å². The number of nitrogens with zero attached hydrogens (tertiary/aromatic N) is 2. The summed E-state index contributed by atoms with van der Waals surface area (Å²) in [5.41, 5.74) is 2.19. The van der Waals surface area contributed by atoms with Crippen LogP contribution < -0.4 is 5.32 Å². The Balaban J connectivity index is 2.27. The van der Waals surface area contributed by atoms with Crippen LogP contribution in [0.25, 0.3) is 0 Å². The Labute approximate surface area is 112 Å². The molecular weight excluding hydrogens is 245 g/mol. The third-order valence-corrected chi connectivity index (χ3v) is 2.89. The Morgan fingerprint density at radius 2 is 2.16 bits per heavy atom. The van der Waals surface area contributed by atoms with Crippen LogP contribution in [0.5, 0.6) is 0 Å². The first kappa shape index (κ1) is 13.5. The normalized spacial score (nSPS) is 10.7. The molecule has 0 aliphatic rings. The van der Waals surface area contributed by atoms with Crippen molar-refractivity contribution in [1.82, 2.24) is 9.55 Å². The Morgan fingerprint density at radius 3 is 2.84 bits per heavy atom. The Hall–Kier alpha value is -1.88. The molecule has 0 radical (unpaired) electrons. The third kappa shape index (κ3) is 3.12. The van der Waals surface area contributed by atoms with E-state index in [1.807, 2.05) is 30.7 Å². The highest BCUT2D eigenvalue weighted by Gasteiger charge is 2.10. The SMILES string of the molecule is COCCn1cc(C)nc1Nc1c(C)cccc1F. The van der Waals surface area contributed by atoms with Crippen molar-refractivity contribution in [1.29, 1.82) is 0 Å². The predicted octanol–water partition coefficient (Wildman–Crippen LogP) is 3.03. The number of hydrogen-bond acceptors (Lipinski definition) is 3. The minimum atomic E-state index is -0.279. The van der Waals surface area contributed by atoms with Gasteiger partial charge in [0.05, 0.1) is 18.0 Å². The number of ether oxygens (including phenoxy) is 1. The molecule has 1 heterocycles. The number of benzene rings is 1. The van der Waals surface area contributed by atoms with Gasteiger partial charge in [0.15, 0.2) is 0 Å². The fourth-order valence-electron chi connectivity index (χ4n) is 1.91. The largest absolute Gasteiger partial charge is 0.383 e. The summed E-state index contributed by atoms with van der Waals surface area (Å²) < 4.78 is 20.8. The molecule has 5 heteroatoms. The van der Waals surface area contributed by atoms with Gasteiger partial charge in [-0.05, 0) is 25.5 Å². The average Bonchev–Trinajstić information content (AvgIpc) is 2.72. The van der Waals surface area contributed by atoms with Gasteiger partial charge in [0.2, 0.25) is 5.95 Å². The van der Waals surface area contributed by atoms with Gasteiger partial charge in [-0.15, -0.1) is 0 Å². The quantitative estimate of drug-likeness (QED) is 0.901. The Kier molecular flexibility index (Phi) is 4.16. The van der Waals surface area contributed by atoms with E-state index < -0.39 is 0 Å². The molecule has 0 aliphatic carbocycles. The smallest absolute Gasteiger partial charge is 0.207 e. The molecule has 0 atom stereocenters. The number of anilines is 2. The lowest BCUT2D eigenvalue weighted by molar-refractivity contribution is 0.188. The number of rotatable bonds is 5. The fourth-order valence-corrected chi connectivity index (χ4v) is 1.91. The lowest BCUT2D eigenvalue weighted by Crippen LogP contribution is -2.08. The average molecular weight is 263 g/mol. The van der Waals surface area contributed by atoms with E-state index in [2.05, 4.69) is 10.3 Å². The summed E-state index contributed by atoms with van der Waals surface area (Å²) in [7, 11) is 1.65. The molecule has 0 fully saturated rings. The molecule has 2 rings (SSSR count). The minimum Gasteiger partial charge on any atom is -0.383 e. The molecule has 0 amide bonds. The van der Waals surface area contributed by atoms with E-state index in [0.29, 0.717) is 24.8 Å². The van der Waals surface area contributed by atoms with Crippen LogP contribution in [0.15, 0.2) is 24.4 Å². The monoisotopic (exact) mass is 263 g/mol. The topological polar surface area (TPSA) is 39.1 Å². The first-order valence-corrected chi connectivity index (χ1v) is 6.16. The third-order valence-electron chi connectivity index (χ3n) is 2.89. The molecule has 1 N–H and O–H groups in total. The van der Waals surface area contributed by atoms with Crippen molar-refractivity contribution >= 4 is 11.6 Å². The van der Waals surface area contributed by atoms with E-state index in [0.717, 1.165) is 11.3 Å². The summed E-state index contributed by atoms with van der Waals surface area (Å²) in [4.78, 5) is 4.37. The van der Waals surface area contributed by atoms with Crippen LogP contribution in [-0.2, 0) is 11.3 Å². The molecule has 0 aliphatic heterocycles. The maximum atomic E-state index is 13.8. The molecule has 102 valence electrons. The number of para-hydroxylation sites is 1. The fraction of sp³-hybridized carbons (Fsp3) is 0.357. The van der Waals surface area contributed by atoms with E-state index in [4.69, 9.17) is 4.74 Å². The highest BCUT2D eigenvalue weighted by molar-refractivity contribution is 5.59. The molecule has 19 heavy (non-hydrogen) atoms. The highest BCUT2D eigenvalue weighted by atomic mass is 19.1. The highest BCUT2D eigenvalue weighted by Crippen LogP contribution is 2.23. The number of halogens is 1. The van der Waals surface area contributed by atoms with Gasteiger partial charge in [0.25, 0.3) is 0 Å². The van der Waals surface area contributed by atoms with Gasteiger partial charge in [-0.3, -0.25) is 0 Å². The van der Waals surface area contributed by atoms with Crippen molar-refractivity contribution < 1.29 is 9.13 Å². The standard InChI is InChI=1S/C14H18FN3O/c1-10-5-4-6-12(15)13(10)17-14-16-11(2)9-18(14)7-8-19-3/h4-6,9H,7-8H2,1-3H3,(H,16,17). The maximum Gasteiger partial charge on any atom is 0.207 e. The summed E-state index contributed by atoms with van der Waals surface area (Å²) in [6.45, 7) is 5.03. The first-order valence-electron chi connectivity index (χ1n) is 6.16. The number of aryl methyl sites for hydroxylation is 2. The van der Waals surface area contributed by atoms with Gasteiger partial charge in [-0.2, -0.15) is 0 Å². The molecule has 1 aromatic carbocycles. The molecule has 1 aromatic heterocycles. The zero-order valence-corrected chi connectivity index (χ0v) is 11.4. The number of nitrogens with one attached hydrogen (secondary N) is 1. The zero-order valence-electron chi connectivity index (χ0n) is 11.4. The Morgan fingerprint density at radius 1 is 1.37 bits per heavy atom. The Bertz CT molecular complexity index is 546. The summed E-state index contributed by atoms with van der Waals surface area (Å²) in [5, 5.41) is 3.06. The van der Waals surface area contributed by atoms with Crippen LogP contribution in [0.3, 0.4) is 0 Å². The van der Waals surface area contributed by atoms with Crippen molar-refractivity contribution in [2.24, 2.45) is 0 Å². The van der Waals surface area contributed by atoms with Crippen molar-refractivity contribution in [3.63, 3.8) is 0 Å². The first-order chi connectivity index (χ1) is 9.11. The number of imidazole rings is 1. The lowest BCUT2D eigenvalue weighted by atomic mass is 10.2. The van der Waals surface area contributed by atoms with Crippen LogP contribution in [0.2, 0.25) is 0 Å². The van der Waals surface area contributed by atoms with Gasteiger partial charge in [0.1, 0.15) is 5.82 Å². The lowest BCUT2D eigenvalue weighted by Gasteiger charge is -2.12. The molecule has 0 bridgehead atoms. The number of methoxy groups -OCH3 is 1. The van der Waals surface area contributed by atoms with E-state index in [-0.39, 0.29) is 5.82 Å². The van der Waals surface area contributed by atoms with Crippen molar-refractivity contribution in [3.8, 4) is 0 Å². The summed E-state index contributed by atoms with van der Waals surface area (Å²) in [5.74, 6) is 0.349. The molecule has 2 aromatic rings. The molecular formula is C14H18FN3O. The van der Waals surface area contributed by atoms with E-state index in [1.54, 1.807) is 13.2 Å². The second-order valence-corrected chi connectivity index (χ2v) is 4.45. The van der Waals surface area contributed by atoms with Crippen LogP contribution in [0, 0.1) is 19.7 Å². The molecule has 0 saturated carbocycles. The predicted molar refractivity (Wildman–Crippen MR) is 73.3 cm³/mol. The van der Waals surface area contributed by atoms with E-state index in [9.17, 15) is 4.39 Å². The van der Waals surface area contributed by atoms with Crippen molar-refractivity contribution in [3.05, 3.63) is 41.5 Å². The second kappa shape index (κ2) is 5.84. The second-order valence-electron chi connectivity index (χ2n) is 4.45. The minimum absolute atomic E-state index is 0.279. The van der Waals surface area contributed by atoms with Crippen molar-refractivity contribution in [2.45, 2.75) is 20.4 Å². The van der Waals surface area contributed by atoms with Crippen LogP contribution in [0.1, 0.15) is 11.3 Å². The zero-order chi connectivity index (χ0) is 13.8. The van der Waals surface area contributed by atoms with E-state index in [1.165, 1.54) is 6.07 Å². The molecule has 0 saturated heterocycles. The van der Waals surface area contributed by atoms with Gasteiger partial charge in [0, 0.05) is 19.9 Å². The summed E-state index contributed by atoms with van der Waals surface area (Å²) in [6.07, 6.45) is 1.91. The van der Waals surface area contributed by atoms with Gasteiger partial charge in [-0.25, -0.2) is 9.37 Å². The van der Waals surface area contributed by atoms with Gasteiger partial charge in [-0.1, -0.05) is 12.1 Å². The summed E-state index contributed by atoms with van der Waals surface area (Å²) in [6, 6.07) is 4.99. The van der Waals surface area contributed by atoms with Crippen LogP contribution in [-0.4, -0.2) is 23.3 Å².